The van der Waals surface area contributed by atoms with Crippen LogP contribution in [0.1, 0.15) is 34.1 Å². The molecule has 0 aliphatic heterocycles. The molecule has 8 nitrogen and oxygen atoms in total. The Bertz CT molecular complexity index is 405. The van der Waals surface area contributed by atoms with E-state index >= 15 is 0 Å². The standard InChI is InChI=1S/C12H20N2O6/c1-5-20-9(16)7(2)13-11(19)14-8(15)6-12(3,4)10(17)18/h7H,5-6H2,1-4H3,(H,17,18)(H2,13,14,15,19). The van der Waals surface area contributed by atoms with Crippen molar-refractivity contribution in [2.24, 2.45) is 5.41 Å². The third-order valence-corrected chi connectivity index (χ3v) is 2.42. The van der Waals surface area contributed by atoms with Gasteiger partial charge in [0.25, 0.3) is 0 Å². The van der Waals surface area contributed by atoms with Gasteiger partial charge >= 0.3 is 18.0 Å². The normalized spacial score (nSPS) is 12.2. The van der Waals surface area contributed by atoms with E-state index in [4.69, 9.17) is 5.11 Å². The van der Waals surface area contributed by atoms with E-state index < -0.39 is 35.3 Å². The number of imide groups is 1. The number of hydrogen-bond acceptors (Lipinski definition) is 5. The van der Waals surface area contributed by atoms with E-state index in [1.165, 1.54) is 20.8 Å². The number of amides is 3. The van der Waals surface area contributed by atoms with Crippen LogP contribution in [0, 0.1) is 5.41 Å². The van der Waals surface area contributed by atoms with Gasteiger partial charge in [0, 0.05) is 6.42 Å². The molecule has 0 bridgehead atoms. The van der Waals surface area contributed by atoms with E-state index in [2.05, 4.69) is 10.1 Å². The van der Waals surface area contributed by atoms with Crippen LogP contribution in [0.5, 0.6) is 0 Å². The summed E-state index contributed by atoms with van der Waals surface area (Å²) in [4.78, 5) is 45.0. The highest BCUT2D eigenvalue weighted by molar-refractivity contribution is 5.97. The number of carbonyl (C=O) groups is 4. The first kappa shape index (κ1) is 17.9. The molecule has 1 atom stereocenters. The monoisotopic (exact) mass is 288 g/mol. The van der Waals surface area contributed by atoms with E-state index in [0.29, 0.717) is 0 Å². The molecule has 0 fully saturated rings. The molecule has 0 aliphatic carbocycles. The molecule has 3 N–H and O–H groups in total. The van der Waals surface area contributed by atoms with Gasteiger partial charge in [0.05, 0.1) is 12.0 Å². The maximum Gasteiger partial charge on any atom is 0.328 e. The van der Waals surface area contributed by atoms with Gasteiger partial charge in [-0.05, 0) is 27.7 Å². The first-order valence-electron chi connectivity index (χ1n) is 6.10. The third kappa shape index (κ3) is 6.17. The molecule has 0 aromatic carbocycles. The van der Waals surface area contributed by atoms with Crippen LogP contribution in [-0.4, -0.2) is 41.6 Å². The molecule has 0 spiro atoms. The Kier molecular flexibility index (Phi) is 6.67. The number of esters is 1. The van der Waals surface area contributed by atoms with Crippen molar-refractivity contribution in [3.63, 3.8) is 0 Å². The highest BCUT2D eigenvalue weighted by atomic mass is 16.5. The predicted molar refractivity (Wildman–Crippen MR) is 68.8 cm³/mol. The topological polar surface area (TPSA) is 122 Å². The Morgan fingerprint density at radius 1 is 1.25 bits per heavy atom. The van der Waals surface area contributed by atoms with Crippen molar-refractivity contribution in [2.45, 2.75) is 40.2 Å². The third-order valence-electron chi connectivity index (χ3n) is 2.42. The first-order valence-corrected chi connectivity index (χ1v) is 6.10. The largest absolute Gasteiger partial charge is 0.481 e. The Balaban J connectivity index is 4.31. The molecular formula is C12H20N2O6. The van der Waals surface area contributed by atoms with Crippen LogP contribution in [0.4, 0.5) is 4.79 Å². The lowest BCUT2D eigenvalue weighted by atomic mass is 9.89. The summed E-state index contributed by atoms with van der Waals surface area (Å²) in [6.07, 6.45) is -0.358. The zero-order chi connectivity index (χ0) is 15.9. The van der Waals surface area contributed by atoms with Gasteiger partial charge in [0.1, 0.15) is 6.04 Å². The van der Waals surface area contributed by atoms with Crippen LogP contribution in [-0.2, 0) is 19.1 Å². The van der Waals surface area contributed by atoms with Crippen LogP contribution in [0.15, 0.2) is 0 Å². The van der Waals surface area contributed by atoms with Gasteiger partial charge in [-0.15, -0.1) is 0 Å². The Morgan fingerprint density at radius 3 is 2.25 bits per heavy atom. The van der Waals surface area contributed by atoms with Crippen LogP contribution in [0.3, 0.4) is 0 Å². The summed E-state index contributed by atoms with van der Waals surface area (Å²) in [6, 6.07) is -1.79. The maximum atomic E-state index is 11.5. The van der Waals surface area contributed by atoms with Crippen molar-refractivity contribution in [1.82, 2.24) is 10.6 Å². The van der Waals surface area contributed by atoms with E-state index in [1.807, 2.05) is 5.32 Å². The second-order valence-corrected chi connectivity index (χ2v) is 4.86. The number of carbonyl (C=O) groups excluding carboxylic acids is 3. The summed E-state index contributed by atoms with van der Waals surface area (Å²) in [7, 11) is 0. The Morgan fingerprint density at radius 2 is 1.80 bits per heavy atom. The number of ether oxygens (including phenoxy) is 1. The minimum Gasteiger partial charge on any atom is -0.481 e. The van der Waals surface area contributed by atoms with Crippen molar-refractivity contribution in [2.75, 3.05) is 6.61 Å². The molecule has 8 heteroatoms. The molecule has 3 amide bonds. The summed E-state index contributed by atoms with van der Waals surface area (Å²) in [5.74, 6) is -2.51. The molecule has 114 valence electrons. The fourth-order valence-electron chi connectivity index (χ4n) is 1.21. The molecule has 0 aromatic rings. The van der Waals surface area contributed by atoms with Gasteiger partial charge < -0.3 is 15.2 Å². The minimum absolute atomic E-state index is 0.179. The zero-order valence-corrected chi connectivity index (χ0v) is 12.0. The summed E-state index contributed by atoms with van der Waals surface area (Å²) >= 11 is 0. The van der Waals surface area contributed by atoms with Crippen LogP contribution in [0.25, 0.3) is 0 Å². The quantitative estimate of drug-likeness (QED) is 0.603. The highest BCUT2D eigenvalue weighted by Crippen LogP contribution is 2.19. The molecule has 0 aromatic heterocycles. The van der Waals surface area contributed by atoms with E-state index in [1.54, 1.807) is 6.92 Å². The SMILES string of the molecule is CCOC(=O)C(C)NC(=O)NC(=O)CC(C)(C)C(=O)O. The number of carboxylic acid groups (broad SMARTS) is 1. The molecule has 1 unspecified atom stereocenters. The van der Waals surface area contributed by atoms with Crippen molar-refractivity contribution in [1.29, 1.82) is 0 Å². The van der Waals surface area contributed by atoms with Crippen molar-refractivity contribution < 1.29 is 29.0 Å². The molecule has 0 aliphatic rings. The molecule has 0 saturated carbocycles. The van der Waals surface area contributed by atoms with E-state index in [0.717, 1.165) is 0 Å². The average Bonchev–Trinajstić information content (AvgIpc) is 2.27. The average molecular weight is 288 g/mol. The Hall–Kier alpha value is -2.12. The lowest BCUT2D eigenvalue weighted by molar-refractivity contribution is -0.149. The smallest absolute Gasteiger partial charge is 0.328 e. The molecule has 0 heterocycles. The summed E-state index contributed by atoms with van der Waals surface area (Å²) < 4.78 is 4.68. The van der Waals surface area contributed by atoms with Gasteiger partial charge in [0.15, 0.2) is 0 Å². The van der Waals surface area contributed by atoms with Gasteiger partial charge in [-0.3, -0.25) is 14.9 Å². The fraction of sp³-hybridized carbons (Fsp3) is 0.667. The molecule has 0 rings (SSSR count). The van der Waals surface area contributed by atoms with E-state index in [9.17, 15) is 19.2 Å². The molecule has 0 radical (unpaired) electrons. The summed E-state index contributed by atoms with van der Waals surface area (Å²) in [5.41, 5.74) is -1.28. The van der Waals surface area contributed by atoms with Gasteiger partial charge in [-0.25, -0.2) is 9.59 Å². The van der Waals surface area contributed by atoms with Crippen molar-refractivity contribution in [3.05, 3.63) is 0 Å². The lowest BCUT2D eigenvalue weighted by Gasteiger charge is -2.18. The first-order chi connectivity index (χ1) is 9.10. The molecule has 0 saturated heterocycles. The number of hydrogen-bond donors (Lipinski definition) is 3. The van der Waals surface area contributed by atoms with Crippen LogP contribution >= 0.6 is 0 Å². The minimum atomic E-state index is -1.28. The highest BCUT2D eigenvalue weighted by Gasteiger charge is 2.31. The fourth-order valence-corrected chi connectivity index (χ4v) is 1.21. The van der Waals surface area contributed by atoms with Gasteiger partial charge in [-0.2, -0.15) is 0 Å². The molecular weight excluding hydrogens is 268 g/mol. The predicted octanol–water partition coefficient (Wildman–Crippen LogP) is 0.265. The van der Waals surface area contributed by atoms with Crippen LogP contribution in [0.2, 0.25) is 0 Å². The van der Waals surface area contributed by atoms with E-state index in [-0.39, 0.29) is 13.0 Å². The maximum absolute atomic E-state index is 11.5. The Labute approximate surface area is 116 Å². The number of carboxylic acids is 1. The van der Waals surface area contributed by atoms with Crippen LogP contribution < -0.4 is 10.6 Å². The van der Waals surface area contributed by atoms with Crippen molar-refractivity contribution >= 4 is 23.9 Å². The van der Waals surface area contributed by atoms with Crippen molar-refractivity contribution in [3.8, 4) is 0 Å². The zero-order valence-electron chi connectivity index (χ0n) is 12.0. The van der Waals surface area contributed by atoms with Gasteiger partial charge in [0.2, 0.25) is 5.91 Å². The summed E-state index contributed by atoms with van der Waals surface area (Å²) in [6.45, 7) is 5.95. The second kappa shape index (κ2) is 7.46. The summed E-state index contributed by atoms with van der Waals surface area (Å²) in [5, 5.41) is 13.0. The number of aliphatic carboxylic acids is 1. The number of rotatable bonds is 6. The number of nitrogens with one attached hydrogen (secondary N) is 2. The van der Waals surface area contributed by atoms with Gasteiger partial charge in [-0.1, -0.05) is 0 Å². The molecule has 20 heavy (non-hydrogen) atoms. The number of urea groups is 1. The second-order valence-electron chi connectivity index (χ2n) is 4.86. The lowest BCUT2D eigenvalue weighted by Crippen LogP contribution is -2.47.